The molecule has 0 aliphatic carbocycles. The summed E-state index contributed by atoms with van der Waals surface area (Å²) in [5, 5.41) is 6.08. The fourth-order valence-corrected chi connectivity index (χ4v) is 2.59. The summed E-state index contributed by atoms with van der Waals surface area (Å²) >= 11 is 0. The number of nitrogens with zero attached hydrogens (tertiary/aromatic N) is 3. The van der Waals surface area contributed by atoms with Gasteiger partial charge in [0.2, 0.25) is 5.95 Å². The van der Waals surface area contributed by atoms with Crippen molar-refractivity contribution in [1.82, 2.24) is 15.3 Å². The van der Waals surface area contributed by atoms with Crippen LogP contribution in [0, 0.1) is 0 Å². The average molecular weight is 361 g/mol. The highest BCUT2D eigenvalue weighted by Gasteiger charge is 2.12. The van der Waals surface area contributed by atoms with Gasteiger partial charge in [-0.05, 0) is 36.8 Å². The van der Waals surface area contributed by atoms with Crippen LogP contribution in [0.2, 0.25) is 0 Å². The van der Waals surface area contributed by atoms with Gasteiger partial charge in [-0.15, -0.1) is 0 Å². The van der Waals surface area contributed by atoms with Crippen LogP contribution in [0.3, 0.4) is 0 Å². The molecule has 1 atom stereocenters. The Kier molecular flexibility index (Phi) is 5.66. The number of benzene rings is 2. The van der Waals surface area contributed by atoms with E-state index >= 15 is 0 Å². The van der Waals surface area contributed by atoms with Crippen molar-refractivity contribution in [2.24, 2.45) is 0 Å². The third-order valence-corrected chi connectivity index (χ3v) is 4.20. The van der Waals surface area contributed by atoms with Gasteiger partial charge >= 0.3 is 0 Å². The second kappa shape index (κ2) is 8.31. The Hall–Kier alpha value is -3.41. The smallest absolute Gasteiger partial charge is 0.254 e. The largest absolute Gasteiger partial charge is 0.378 e. The van der Waals surface area contributed by atoms with Gasteiger partial charge in [0.25, 0.3) is 5.91 Å². The summed E-state index contributed by atoms with van der Waals surface area (Å²) in [6.45, 7) is 1.95. The van der Waals surface area contributed by atoms with E-state index in [0.29, 0.717) is 11.5 Å². The first-order valence-corrected chi connectivity index (χ1v) is 8.75. The van der Waals surface area contributed by atoms with Crippen LogP contribution in [0.5, 0.6) is 0 Å². The average Bonchev–Trinajstić information content (AvgIpc) is 2.69. The molecular formula is C21H23N5O. The lowest BCUT2D eigenvalue weighted by atomic mass is 10.1. The van der Waals surface area contributed by atoms with Crippen LogP contribution in [0.15, 0.2) is 67.0 Å². The molecule has 0 fully saturated rings. The molecule has 0 aliphatic rings. The summed E-state index contributed by atoms with van der Waals surface area (Å²) in [5.74, 6) is 0.244. The lowest BCUT2D eigenvalue weighted by Gasteiger charge is -2.14. The molecule has 0 spiro atoms. The molecule has 0 saturated heterocycles. The topological polar surface area (TPSA) is 70.2 Å². The maximum atomic E-state index is 12.4. The van der Waals surface area contributed by atoms with E-state index < -0.39 is 0 Å². The van der Waals surface area contributed by atoms with Crippen molar-refractivity contribution >= 4 is 23.2 Å². The monoisotopic (exact) mass is 361 g/mol. The maximum Gasteiger partial charge on any atom is 0.254 e. The lowest BCUT2D eigenvalue weighted by Crippen LogP contribution is -2.26. The van der Waals surface area contributed by atoms with Crippen molar-refractivity contribution < 1.29 is 4.79 Å². The number of hydrogen-bond acceptors (Lipinski definition) is 5. The normalized spacial score (nSPS) is 11.5. The highest BCUT2D eigenvalue weighted by atomic mass is 16.1. The summed E-state index contributed by atoms with van der Waals surface area (Å²) in [4.78, 5) is 22.9. The molecule has 3 rings (SSSR count). The number of anilines is 3. The van der Waals surface area contributed by atoms with Crippen molar-refractivity contribution in [3.05, 3.63) is 78.1 Å². The van der Waals surface area contributed by atoms with Gasteiger partial charge < -0.3 is 15.5 Å². The fraction of sp³-hybridized carbons (Fsp3) is 0.190. The number of rotatable bonds is 6. The Labute approximate surface area is 159 Å². The van der Waals surface area contributed by atoms with Crippen LogP contribution >= 0.6 is 0 Å². The van der Waals surface area contributed by atoms with E-state index in [0.717, 1.165) is 16.9 Å². The first kappa shape index (κ1) is 18.4. The van der Waals surface area contributed by atoms with E-state index in [9.17, 15) is 4.79 Å². The van der Waals surface area contributed by atoms with E-state index in [4.69, 9.17) is 0 Å². The first-order valence-electron chi connectivity index (χ1n) is 8.75. The minimum Gasteiger partial charge on any atom is -0.378 e. The number of amides is 1. The molecule has 1 heterocycles. The Morgan fingerprint density at radius 1 is 0.963 bits per heavy atom. The maximum absolute atomic E-state index is 12.4. The third kappa shape index (κ3) is 4.82. The van der Waals surface area contributed by atoms with E-state index in [2.05, 4.69) is 20.6 Å². The molecule has 138 valence electrons. The Morgan fingerprint density at radius 2 is 1.59 bits per heavy atom. The number of nitrogens with one attached hydrogen (secondary N) is 2. The van der Waals surface area contributed by atoms with Crippen LogP contribution in [0.1, 0.15) is 28.9 Å². The van der Waals surface area contributed by atoms with Crippen LogP contribution in [-0.2, 0) is 0 Å². The molecule has 27 heavy (non-hydrogen) atoms. The van der Waals surface area contributed by atoms with Gasteiger partial charge in [-0.3, -0.25) is 4.79 Å². The van der Waals surface area contributed by atoms with Gasteiger partial charge in [0, 0.05) is 37.9 Å². The second-order valence-corrected chi connectivity index (χ2v) is 6.47. The van der Waals surface area contributed by atoms with E-state index in [-0.39, 0.29) is 11.9 Å². The van der Waals surface area contributed by atoms with Crippen LogP contribution < -0.4 is 15.5 Å². The number of aromatic nitrogens is 2. The van der Waals surface area contributed by atoms with Crippen molar-refractivity contribution in [2.45, 2.75) is 13.0 Å². The minimum absolute atomic E-state index is 0.0910. The second-order valence-electron chi connectivity index (χ2n) is 6.47. The van der Waals surface area contributed by atoms with E-state index in [1.807, 2.05) is 80.5 Å². The van der Waals surface area contributed by atoms with Gasteiger partial charge in [-0.1, -0.05) is 30.3 Å². The SMILES string of the molecule is CC(NC(=O)c1cnc(Nc2ccc(N(C)C)cc2)nc1)c1ccccc1. The number of hydrogen-bond donors (Lipinski definition) is 2. The summed E-state index contributed by atoms with van der Waals surface area (Å²) < 4.78 is 0. The van der Waals surface area contributed by atoms with Crippen molar-refractivity contribution in [3.8, 4) is 0 Å². The van der Waals surface area contributed by atoms with Gasteiger partial charge in [0.15, 0.2) is 0 Å². The lowest BCUT2D eigenvalue weighted by molar-refractivity contribution is 0.0939. The minimum atomic E-state index is -0.201. The van der Waals surface area contributed by atoms with Crippen molar-refractivity contribution in [3.63, 3.8) is 0 Å². The molecule has 6 heteroatoms. The fourth-order valence-electron chi connectivity index (χ4n) is 2.59. The van der Waals surface area contributed by atoms with Crippen LogP contribution in [0.4, 0.5) is 17.3 Å². The Balaban J connectivity index is 1.61. The van der Waals surface area contributed by atoms with Gasteiger partial charge in [-0.25, -0.2) is 9.97 Å². The molecule has 1 unspecified atom stereocenters. The summed E-state index contributed by atoms with van der Waals surface area (Å²) in [7, 11) is 3.99. The Bertz CT molecular complexity index is 877. The van der Waals surface area contributed by atoms with Gasteiger partial charge in [-0.2, -0.15) is 0 Å². The molecule has 0 aliphatic heterocycles. The molecular weight excluding hydrogens is 338 g/mol. The molecule has 2 N–H and O–H groups in total. The molecule has 2 aromatic carbocycles. The molecule has 3 aromatic rings. The summed E-state index contributed by atoms with van der Waals surface area (Å²) in [6, 6.07) is 17.7. The van der Waals surface area contributed by atoms with Crippen molar-refractivity contribution in [2.75, 3.05) is 24.3 Å². The molecule has 0 radical (unpaired) electrons. The molecule has 0 saturated carbocycles. The zero-order valence-corrected chi connectivity index (χ0v) is 15.7. The summed E-state index contributed by atoms with van der Waals surface area (Å²) in [6.07, 6.45) is 3.05. The highest BCUT2D eigenvalue weighted by Crippen LogP contribution is 2.18. The van der Waals surface area contributed by atoms with E-state index in [1.54, 1.807) is 0 Å². The van der Waals surface area contributed by atoms with Crippen LogP contribution in [-0.4, -0.2) is 30.0 Å². The third-order valence-electron chi connectivity index (χ3n) is 4.20. The highest BCUT2D eigenvalue weighted by molar-refractivity contribution is 5.93. The molecule has 6 nitrogen and oxygen atoms in total. The predicted molar refractivity (Wildman–Crippen MR) is 108 cm³/mol. The number of carbonyl (C=O) groups is 1. The van der Waals surface area contributed by atoms with Gasteiger partial charge in [0.05, 0.1) is 11.6 Å². The quantitative estimate of drug-likeness (QED) is 0.699. The van der Waals surface area contributed by atoms with Crippen LogP contribution in [0.25, 0.3) is 0 Å². The standard InChI is InChI=1S/C21H23N5O/c1-15(16-7-5-4-6-8-16)24-20(27)17-13-22-21(23-14-17)25-18-9-11-19(12-10-18)26(2)3/h4-15H,1-3H3,(H,24,27)(H,22,23,25). The zero-order valence-electron chi connectivity index (χ0n) is 15.7. The molecule has 1 aromatic heterocycles. The zero-order chi connectivity index (χ0) is 19.2. The molecule has 0 bridgehead atoms. The molecule has 1 amide bonds. The predicted octanol–water partition coefficient (Wildman–Crippen LogP) is 3.78. The first-order chi connectivity index (χ1) is 13.0. The Morgan fingerprint density at radius 3 is 2.19 bits per heavy atom. The number of carbonyl (C=O) groups excluding carboxylic acids is 1. The van der Waals surface area contributed by atoms with Gasteiger partial charge in [0.1, 0.15) is 0 Å². The van der Waals surface area contributed by atoms with E-state index in [1.165, 1.54) is 12.4 Å². The van der Waals surface area contributed by atoms with Crippen molar-refractivity contribution in [1.29, 1.82) is 0 Å². The summed E-state index contributed by atoms with van der Waals surface area (Å²) in [5.41, 5.74) is 3.47.